The molecule has 0 aliphatic carbocycles. The highest BCUT2D eigenvalue weighted by atomic mass is 32.2. The van der Waals surface area contributed by atoms with Crippen LogP contribution in [0.1, 0.15) is 24.5 Å². The minimum atomic E-state index is -3.99. The lowest BCUT2D eigenvalue weighted by molar-refractivity contribution is 0.0845. The second kappa shape index (κ2) is 6.75. The zero-order valence-corrected chi connectivity index (χ0v) is 14.8. The van der Waals surface area contributed by atoms with Gasteiger partial charge in [0.1, 0.15) is 0 Å². The molecule has 1 aromatic heterocycles. The number of benzene rings is 1. The molecule has 2 heterocycles. The van der Waals surface area contributed by atoms with Crippen molar-refractivity contribution in [3.8, 4) is 0 Å². The molecule has 136 valence electrons. The Labute approximate surface area is 145 Å². The summed E-state index contributed by atoms with van der Waals surface area (Å²) in [6.45, 7) is 1.32. The van der Waals surface area contributed by atoms with Crippen LogP contribution in [0.4, 0.5) is 5.82 Å². The number of ether oxygens (including phenoxy) is 1. The number of rotatable bonds is 5. The number of aromatic amines is 1. The highest BCUT2D eigenvalue weighted by Crippen LogP contribution is 2.27. The zero-order valence-electron chi connectivity index (χ0n) is 13.2. The Bertz CT molecular complexity index is 963. The maximum atomic E-state index is 12.4. The molecule has 3 rings (SSSR count). The molecule has 1 aromatic carbocycles. The van der Waals surface area contributed by atoms with Crippen LogP contribution in [0.25, 0.3) is 0 Å². The summed E-state index contributed by atoms with van der Waals surface area (Å²) < 4.78 is 55.3. The van der Waals surface area contributed by atoms with Crippen molar-refractivity contribution in [2.45, 2.75) is 28.6 Å². The molecule has 1 saturated heterocycles. The van der Waals surface area contributed by atoms with Gasteiger partial charge in [0.15, 0.2) is 5.82 Å². The van der Waals surface area contributed by atoms with Crippen LogP contribution in [0.3, 0.4) is 0 Å². The van der Waals surface area contributed by atoms with E-state index in [9.17, 15) is 16.8 Å². The smallest absolute Gasteiger partial charge is 0.263 e. The van der Waals surface area contributed by atoms with Gasteiger partial charge in [-0.2, -0.15) is 5.10 Å². The summed E-state index contributed by atoms with van der Waals surface area (Å²) in [5.41, 5.74) is 0.833. The number of hydrogen-bond donors (Lipinski definition) is 3. The van der Waals surface area contributed by atoms with Gasteiger partial charge in [0.2, 0.25) is 10.0 Å². The van der Waals surface area contributed by atoms with Gasteiger partial charge in [-0.05, 0) is 31.0 Å². The lowest BCUT2D eigenvalue weighted by Crippen LogP contribution is -2.16. The van der Waals surface area contributed by atoms with E-state index in [1.54, 1.807) is 6.07 Å². The van der Waals surface area contributed by atoms with E-state index in [1.807, 2.05) is 0 Å². The Morgan fingerprint density at radius 1 is 1.12 bits per heavy atom. The molecule has 0 bridgehead atoms. The number of nitrogens with zero attached hydrogens (tertiary/aromatic N) is 1. The molecule has 4 N–H and O–H groups in total. The molecule has 11 heteroatoms. The first-order chi connectivity index (χ1) is 11.8. The number of anilines is 1. The van der Waals surface area contributed by atoms with Crippen molar-refractivity contribution in [1.82, 2.24) is 10.2 Å². The largest absolute Gasteiger partial charge is 0.381 e. The van der Waals surface area contributed by atoms with Crippen molar-refractivity contribution in [2.75, 3.05) is 17.9 Å². The molecule has 0 spiro atoms. The third-order valence-corrected chi connectivity index (χ3v) is 6.21. The van der Waals surface area contributed by atoms with Crippen LogP contribution in [-0.4, -0.2) is 40.2 Å². The Balaban J connectivity index is 1.81. The first-order valence-corrected chi connectivity index (χ1v) is 10.6. The topological polar surface area (TPSA) is 144 Å². The molecule has 0 saturated carbocycles. The molecular formula is C14H18N4O5S2. The molecule has 0 unspecified atom stereocenters. The van der Waals surface area contributed by atoms with Gasteiger partial charge in [-0.1, -0.05) is 6.07 Å². The summed E-state index contributed by atoms with van der Waals surface area (Å²) in [4.78, 5) is -0.491. The Hall–Kier alpha value is -1.95. The van der Waals surface area contributed by atoms with Gasteiger partial charge in [-0.15, -0.1) is 0 Å². The van der Waals surface area contributed by atoms with Crippen molar-refractivity contribution in [2.24, 2.45) is 5.14 Å². The van der Waals surface area contributed by atoms with E-state index in [0.717, 1.165) is 24.6 Å². The average molecular weight is 386 g/mol. The standard InChI is InChI=1S/C14H18N4O5S2/c15-24(19,20)11-2-1-3-12(8-11)25(21,22)18-14-9-13(16-17-14)10-4-6-23-7-5-10/h1-3,8-10H,4-7H2,(H2,15,19,20)(H2,16,17,18). The van der Waals surface area contributed by atoms with Crippen molar-refractivity contribution in [3.05, 3.63) is 36.0 Å². The fourth-order valence-corrected chi connectivity index (χ4v) is 4.29. The molecule has 1 aliphatic rings. The number of nitrogens with two attached hydrogens (primary N) is 1. The molecule has 9 nitrogen and oxygen atoms in total. The van der Waals surface area contributed by atoms with Gasteiger partial charge < -0.3 is 4.74 Å². The van der Waals surface area contributed by atoms with Crippen LogP contribution in [0.2, 0.25) is 0 Å². The SMILES string of the molecule is NS(=O)(=O)c1cccc(S(=O)(=O)Nc2cc(C3CCOCC3)[nH]n2)c1. The van der Waals surface area contributed by atoms with Crippen LogP contribution in [0, 0.1) is 0 Å². The number of aromatic nitrogens is 2. The van der Waals surface area contributed by atoms with Gasteiger partial charge >= 0.3 is 0 Å². The van der Waals surface area contributed by atoms with Crippen LogP contribution in [0.15, 0.2) is 40.1 Å². The lowest BCUT2D eigenvalue weighted by atomic mass is 9.97. The fraction of sp³-hybridized carbons (Fsp3) is 0.357. The highest BCUT2D eigenvalue weighted by molar-refractivity contribution is 7.92. The summed E-state index contributed by atoms with van der Waals surface area (Å²) in [5, 5.41) is 11.8. The van der Waals surface area contributed by atoms with Crippen molar-refractivity contribution in [3.63, 3.8) is 0 Å². The monoisotopic (exact) mass is 386 g/mol. The van der Waals surface area contributed by atoms with E-state index in [4.69, 9.17) is 9.88 Å². The predicted molar refractivity (Wildman–Crippen MR) is 90.0 cm³/mol. The Morgan fingerprint density at radius 3 is 2.48 bits per heavy atom. The quantitative estimate of drug-likeness (QED) is 0.691. The maximum Gasteiger partial charge on any atom is 0.263 e. The number of sulfonamides is 2. The van der Waals surface area contributed by atoms with Crippen LogP contribution >= 0.6 is 0 Å². The number of primary sulfonamides is 1. The maximum absolute atomic E-state index is 12.4. The molecule has 0 atom stereocenters. The predicted octanol–water partition coefficient (Wildman–Crippen LogP) is 0.752. The second-order valence-electron chi connectivity index (χ2n) is 5.72. The van der Waals surface area contributed by atoms with E-state index in [-0.39, 0.29) is 21.5 Å². The van der Waals surface area contributed by atoms with E-state index in [2.05, 4.69) is 14.9 Å². The van der Waals surface area contributed by atoms with Crippen LogP contribution < -0.4 is 9.86 Å². The summed E-state index contributed by atoms with van der Waals surface area (Å²) in [6, 6.07) is 6.46. The zero-order chi connectivity index (χ0) is 18.1. The highest BCUT2D eigenvalue weighted by Gasteiger charge is 2.21. The second-order valence-corrected chi connectivity index (χ2v) is 8.96. The van der Waals surface area contributed by atoms with Gasteiger partial charge in [0, 0.05) is 30.9 Å². The molecule has 1 aliphatic heterocycles. The number of H-pyrrole nitrogens is 1. The van der Waals surface area contributed by atoms with Gasteiger partial charge in [-0.3, -0.25) is 9.82 Å². The Morgan fingerprint density at radius 2 is 1.80 bits per heavy atom. The molecule has 2 aromatic rings. The molecule has 25 heavy (non-hydrogen) atoms. The molecule has 0 radical (unpaired) electrons. The third-order valence-electron chi connectivity index (χ3n) is 3.94. The van der Waals surface area contributed by atoms with E-state index < -0.39 is 20.0 Å². The van der Waals surface area contributed by atoms with Crippen molar-refractivity contribution in [1.29, 1.82) is 0 Å². The first-order valence-electron chi connectivity index (χ1n) is 7.54. The average Bonchev–Trinajstić information content (AvgIpc) is 3.03. The summed E-state index contributed by atoms with van der Waals surface area (Å²) >= 11 is 0. The van der Waals surface area contributed by atoms with E-state index in [1.165, 1.54) is 18.2 Å². The van der Waals surface area contributed by atoms with Crippen molar-refractivity contribution < 1.29 is 21.6 Å². The van der Waals surface area contributed by atoms with Gasteiger partial charge in [-0.25, -0.2) is 22.0 Å². The molecule has 1 fully saturated rings. The first kappa shape index (κ1) is 17.9. The van der Waals surface area contributed by atoms with E-state index in [0.29, 0.717) is 13.2 Å². The minimum absolute atomic E-state index is 0.141. The summed E-state index contributed by atoms with van der Waals surface area (Å²) in [5.74, 6) is 0.382. The van der Waals surface area contributed by atoms with E-state index >= 15 is 0 Å². The molecular weight excluding hydrogens is 368 g/mol. The van der Waals surface area contributed by atoms with Gasteiger partial charge in [0.05, 0.1) is 9.79 Å². The number of nitrogens with one attached hydrogen (secondary N) is 2. The van der Waals surface area contributed by atoms with Crippen molar-refractivity contribution >= 4 is 25.9 Å². The fourth-order valence-electron chi connectivity index (χ4n) is 2.62. The normalized spacial score (nSPS) is 16.7. The van der Waals surface area contributed by atoms with Crippen LogP contribution in [0.5, 0.6) is 0 Å². The molecule has 0 amide bonds. The van der Waals surface area contributed by atoms with Gasteiger partial charge in [0.25, 0.3) is 10.0 Å². The number of hydrogen-bond acceptors (Lipinski definition) is 6. The minimum Gasteiger partial charge on any atom is -0.381 e. The van der Waals surface area contributed by atoms with Crippen LogP contribution in [-0.2, 0) is 24.8 Å². The summed E-state index contributed by atoms with van der Waals surface area (Å²) in [7, 11) is -7.99. The lowest BCUT2D eigenvalue weighted by Gasteiger charge is -2.20. The Kier molecular flexibility index (Phi) is 4.82. The third kappa shape index (κ3) is 4.18. The summed E-state index contributed by atoms with van der Waals surface area (Å²) in [6.07, 6.45) is 1.68.